The number of halogens is 7. The minimum atomic E-state index is -6.31. The Labute approximate surface area is 198 Å². The van der Waals surface area contributed by atoms with Gasteiger partial charge < -0.3 is 10.4 Å². The lowest BCUT2D eigenvalue weighted by molar-refractivity contribution is -0.386. The highest BCUT2D eigenvalue weighted by atomic mass is 19.4. The number of nitrogens with zero attached hydrogens (tertiary/aromatic N) is 1. The Morgan fingerprint density at radius 3 is 2.14 bits per heavy atom. The van der Waals surface area contributed by atoms with Gasteiger partial charge >= 0.3 is 12.4 Å². The van der Waals surface area contributed by atoms with Gasteiger partial charge in [0.2, 0.25) is 5.91 Å². The summed E-state index contributed by atoms with van der Waals surface area (Å²) in [5.74, 6) is -2.26. The van der Waals surface area contributed by atoms with Crippen molar-refractivity contribution in [2.45, 2.75) is 36.3 Å². The average molecular weight is 518 g/mol. The molecule has 0 saturated carbocycles. The van der Waals surface area contributed by atoms with E-state index in [1.807, 2.05) is 0 Å². The van der Waals surface area contributed by atoms with Crippen molar-refractivity contribution in [1.29, 1.82) is 0 Å². The Bertz CT molecular complexity index is 1220. The maximum Gasteiger partial charge on any atom is 0.429 e. The molecule has 1 aliphatic carbocycles. The van der Waals surface area contributed by atoms with E-state index in [4.69, 9.17) is 0 Å². The van der Waals surface area contributed by atoms with Gasteiger partial charge in [0.1, 0.15) is 11.4 Å². The molecule has 1 aliphatic rings. The third-order valence-electron chi connectivity index (χ3n) is 5.74. The van der Waals surface area contributed by atoms with Gasteiger partial charge in [-0.15, -0.1) is 0 Å². The van der Waals surface area contributed by atoms with Crippen LogP contribution in [0.2, 0.25) is 0 Å². The van der Waals surface area contributed by atoms with E-state index >= 15 is 0 Å². The number of benzene rings is 2. The van der Waals surface area contributed by atoms with Gasteiger partial charge in [0.25, 0.3) is 11.3 Å². The first-order chi connectivity index (χ1) is 16.6. The highest BCUT2D eigenvalue weighted by Crippen LogP contribution is 2.52. The summed E-state index contributed by atoms with van der Waals surface area (Å²) in [4.78, 5) is 23.0. The standard InChI is InChI=1S/C23H17F7N2O4/c24-17-7-3-2-6-16(17)14-9-11-20(12-10-14,21(34,22(25,26)27)23(28,29)30)31-19(33)13-15-5-1-4-8-18(15)32(35)36/h1-11,34H,12-13H2,(H,31,33). The lowest BCUT2D eigenvalue weighted by Crippen LogP contribution is -2.75. The number of para-hydroxylation sites is 1. The van der Waals surface area contributed by atoms with Crippen LogP contribution in [0.1, 0.15) is 17.5 Å². The van der Waals surface area contributed by atoms with Crippen molar-refractivity contribution in [2.75, 3.05) is 0 Å². The Morgan fingerprint density at radius 2 is 1.61 bits per heavy atom. The number of aliphatic hydroxyl groups is 1. The fourth-order valence-corrected chi connectivity index (χ4v) is 3.96. The van der Waals surface area contributed by atoms with Crippen molar-refractivity contribution in [3.63, 3.8) is 0 Å². The third-order valence-corrected chi connectivity index (χ3v) is 5.74. The van der Waals surface area contributed by atoms with Crippen molar-refractivity contribution in [3.05, 3.63) is 93.8 Å². The van der Waals surface area contributed by atoms with Crippen molar-refractivity contribution < 1.29 is 45.6 Å². The fourth-order valence-electron chi connectivity index (χ4n) is 3.96. The third kappa shape index (κ3) is 4.70. The van der Waals surface area contributed by atoms with Gasteiger partial charge in [0.05, 0.1) is 11.3 Å². The van der Waals surface area contributed by atoms with Crippen LogP contribution >= 0.6 is 0 Å². The van der Waals surface area contributed by atoms with Gasteiger partial charge in [-0.2, -0.15) is 26.3 Å². The first kappa shape index (κ1) is 26.9. The summed E-state index contributed by atoms with van der Waals surface area (Å²) in [6, 6.07) is 9.65. The van der Waals surface area contributed by atoms with E-state index in [9.17, 15) is 50.7 Å². The Kier molecular flexibility index (Phi) is 6.99. The van der Waals surface area contributed by atoms with Crippen LogP contribution in [0, 0.1) is 15.9 Å². The molecule has 192 valence electrons. The van der Waals surface area contributed by atoms with Crippen LogP contribution in [0.15, 0.2) is 66.8 Å². The van der Waals surface area contributed by atoms with E-state index in [2.05, 4.69) is 0 Å². The van der Waals surface area contributed by atoms with Crippen molar-refractivity contribution >= 4 is 17.2 Å². The quantitative estimate of drug-likeness (QED) is 0.319. The number of hydrogen-bond acceptors (Lipinski definition) is 4. The molecule has 0 heterocycles. The second kappa shape index (κ2) is 9.37. The van der Waals surface area contributed by atoms with Crippen molar-refractivity contribution in [1.82, 2.24) is 5.32 Å². The van der Waals surface area contributed by atoms with Gasteiger partial charge in [-0.25, -0.2) is 4.39 Å². The van der Waals surface area contributed by atoms with E-state index in [1.165, 1.54) is 30.3 Å². The molecule has 2 N–H and O–H groups in total. The Morgan fingerprint density at radius 1 is 1.03 bits per heavy atom. The zero-order chi connectivity index (χ0) is 26.9. The SMILES string of the molecule is O=C(Cc1ccccc1[N+](=O)[O-])NC1(C(O)(C(F)(F)F)C(F)(F)F)C=CC(c2ccccc2F)=CC1. The second-order valence-electron chi connectivity index (χ2n) is 7.96. The van der Waals surface area contributed by atoms with Crippen LogP contribution in [0.5, 0.6) is 0 Å². The van der Waals surface area contributed by atoms with Crippen molar-refractivity contribution in [2.24, 2.45) is 0 Å². The number of allylic oxidation sites excluding steroid dienone is 2. The van der Waals surface area contributed by atoms with Gasteiger partial charge in [-0.1, -0.05) is 54.6 Å². The molecule has 0 fully saturated rings. The van der Waals surface area contributed by atoms with E-state index < -0.39 is 58.7 Å². The van der Waals surface area contributed by atoms with Gasteiger partial charge in [0.15, 0.2) is 0 Å². The summed E-state index contributed by atoms with van der Waals surface area (Å²) in [5.41, 5.74) is -10.0. The molecule has 0 saturated heterocycles. The van der Waals surface area contributed by atoms with E-state index in [0.29, 0.717) is 6.08 Å². The summed E-state index contributed by atoms with van der Waals surface area (Å²) < 4.78 is 97.1. The Hall–Kier alpha value is -3.74. The van der Waals surface area contributed by atoms with Gasteiger partial charge in [-0.05, 0) is 18.1 Å². The van der Waals surface area contributed by atoms with E-state index in [0.717, 1.165) is 30.4 Å². The van der Waals surface area contributed by atoms with Crippen molar-refractivity contribution in [3.8, 4) is 0 Å². The molecular weight excluding hydrogens is 501 g/mol. The zero-order valence-electron chi connectivity index (χ0n) is 18.0. The molecule has 1 unspecified atom stereocenters. The highest BCUT2D eigenvalue weighted by molar-refractivity contribution is 5.82. The number of nitro groups is 1. The molecule has 1 amide bonds. The molecule has 2 aromatic rings. The first-order valence-corrected chi connectivity index (χ1v) is 10.2. The zero-order valence-corrected chi connectivity index (χ0v) is 18.0. The molecule has 0 bridgehead atoms. The summed E-state index contributed by atoms with van der Waals surface area (Å²) in [5, 5.41) is 23.0. The van der Waals surface area contributed by atoms with Crippen LogP contribution in [0.3, 0.4) is 0 Å². The number of hydrogen-bond donors (Lipinski definition) is 2. The molecule has 0 radical (unpaired) electrons. The number of nitro benzene ring substituents is 1. The molecule has 0 spiro atoms. The van der Waals surface area contributed by atoms with Crippen LogP contribution in [0.25, 0.3) is 5.57 Å². The molecule has 6 nitrogen and oxygen atoms in total. The normalized spacial score (nSPS) is 18.5. The van der Waals surface area contributed by atoms with Crippen LogP contribution in [-0.4, -0.2) is 39.4 Å². The lowest BCUT2D eigenvalue weighted by Gasteiger charge is -2.47. The van der Waals surface area contributed by atoms with Crippen LogP contribution < -0.4 is 5.32 Å². The fraction of sp³-hybridized carbons (Fsp3) is 0.261. The molecule has 1 atom stereocenters. The minimum absolute atomic E-state index is 0.0802. The number of alkyl halides is 6. The topological polar surface area (TPSA) is 92.5 Å². The summed E-state index contributed by atoms with van der Waals surface area (Å²) in [7, 11) is 0. The molecule has 13 heteroatoms. The predicted octanol–water partition coefficient (Wildman–Crippen LogP) is 5.03. The summed E-state index contributed by atoms with van der Waals surface area (Å²) in [6.07, 6.45) is -12.9. The van der Waals surface area contributed by atoms with Crippen LogP contribution in [0.4, 0.5) is 36.4 Å². The largest absolute Gasteiger partial charge is 0.429 e. The average Bonchev–Trinajstić information content (AvgIpc) is 2.78. The maximum atomic E-state index is 14.1. The van der Waals surface area contributed by atoms with E-state index in [-0.39, 0.29) is 16.7 Å². The monoisotopic (exact) mass is 518 g/mol. The first-order valence-electron chi connectivity index (χ1n) is 10.2. The smallest absolute Gasteiger partial charge is 0.372 e. The molecule has 3 rings (SSSR count). The molecule has 36 heavy (non-hydrogen) atoms. The molecular formula is C23H17F7N2O4. The predicted molar refractivity (Wildman–Crippen MR) is 113 cm³/mol. The lowest BCUT2D eigenvalue weighted by atomic mass is 9.72. The number of carbonyl (C=O) groups excluding carboxylic acids is 1. The van der Waals surface area contributed by atoms with Gasteiger partial charge in [0, 0.05) is 17.2 Å². The molecule has 2 aromatic carbocycles. The number of carbonyl (C=O) groups is 1. The maximum absolute atomic E-state index is 14.1. The summed E-state index contributed by atoms with van der Waals surface area (Å²) >= 11 is 0. The second-order valence-corrected chi connectivity index (χ2v) is 7.96. The van der Waals surface area contributed by atoms with Crippen LogP contribution in [-0.2, 0) is 11.2 Å². The van der Waals surface area contributed by atoms with Gasteiger partial charge in [-0.3, -0.25) is 14.9 Å². The Balaban J connectivity index is 2.07. The number of nitrogens with one attached hydrogen (secondary N) is 1. The molecule has 0 aliphatic heterocycles. The van der Waals surface area contributed by atoms with E-state index in [1.54, 1.807) is 5.32 Å². The summed E-state index contributed by atoms with van der Waals surface area (Å²) in [6.45, 7) is 0. The minimum Gasteiger partial charge on any atom is -0.372 e. The number of amides is 1. The molecule has 0 aromatic heterocycles. The number of rotatable bonds is 6. The highest BCUT2D eigenvalue weighted by Gasteiger charge is 2.79.